The smallest absolute Gasteiger partial charge is 0.252 e. The molecule has 2 nitrogen and oxygen atoms in total. The summed E-state index contributed by atoms with van der Waals surface area (Å²) in [5.41, 5.74) is 18.0. The van der Waals surface area contributed by atoms with Crippen molar-refractivity contribution in [1.82, 2.24) is 0 Å². The van der Waals surface area contributed by atoms with Crippen molar-refractivity contribution in [3.05, 3.63) is 151 Å². The van der Waals surface area contributed by atoms with Crippen LogP contribution in [0.15, 0.2) is 140 Å². The molecule has 6 aromatic carbocycles. The van der Waals surface area contributed by atoms with Crippen LogP contribution in [-0.4, -0.2) is 6.71 Å². The first kappa shape index (κ1) is 25.2. The molecule has 11 rings (SSSR count). The molecule has 2 aliphatic heterocycles. The summed E-state index contributed by atoms with van der Waals surface area (Å²) in [6.07, 6.45) is 5.44. The van der Waals surface area contributed by atoms with E-state index in [4.69, 9.17) is 0 Å². The molecule has 2 fully saturated rings. The summed E-state index contributed by atoms with van der Waals surface area (Å²) >= 11 is 0. The molecule has 5 aliphatic rings. The van der Waals surface area contributed by atoms with E-state index in [-0.39, 0.29) is 12.1 Å². The molecule has 3 heteroatoms. The van der Waals surface area contributed by atoms with Crippen LogP contribution < -0.4 is 26.2 Å². The van der Waals surface area contributed by atoms with Gasteiger partial charge in [0, 0.05) is 39.5 Å². The third-order valence-electron chi connectivity index (χ3n) is 12.2. The van der Waals surface area contributed by atoms with Crippen LogP contribution in [-0.2, 0) is 5.41 Å². The first-order chi connectivity index (χ1) is 22.8. The average molecular weight is 589 g/mol. The molecular weight excluding hydrogens is 555 g/mol. The Labute approximate surface area is 271 Å². The predicted molar refractivity (Wildman–Crippen MR) is 192 cm³/mol. The Kier molecular flexibility index (Phi) is 4.95. The predicted octanol–water partition coefficient (Wildman–Crippen LogP) is 8.86. The Morgan fingerprint density at radius 3 is 1.70 bits per heavy atom. The van der Waals surface area contributed by atoms with E-state index in [2.05, 4.69) is 149 Å². The maximum absolute atomic E-state index is 2.61. The van der Waals surface area contributed by atoms with Gasteiger partial charge in [-0.05, 0) is 125 Å². The lowest BCUT2D eigenvalue weighted by atomic mass is 9.33. The number of nitrogens with zero attached hydrogens (tertiary/aromatic N) is 2. The second-order valence-corrected chi connectivity index (χ2v) is 14.0. The largest absolute Gasteiger partial charge is 0.311 e. The van der Waals surface area contributed by atoms with E-state index in [9.17, 15) is 0 Å². The number of benzene rings is 6. The van der Waals surface area contributed by atoms with Crippen LogP contribution in [0.25, 0.3) is 11.1 Å². The van der Waals surface area contributed by atoms with E-state index in [0.717, 1.165) is 11.8 Å². The fourth-order valence-corrected chi connectivity index (χ4v) is 10.7. The molecule has 0 amide bonds. The van der Waals surface area contributed by atoms with Crippen molar-refractivity contribution in [3.63, 3.8) is 0 Å². The lowest BCUT2D eigenvalue weighted by Crippen LogP contribution is -2.61. The third-order valence-corrected chi connectivity index (χ3v) is 12.2. The quantitative estimate of drug-likeness (QED) is 0.186. The summed E-state index contributed by atoms with van der Waals surface area (Å²) in [6.45, 7) is 0.172. The molecule has 0 unspecified atom stereocenters. The fourth-order valence-electron chi connectivity index (χ4n) is 10.7. The van der Waals surface area contributed by atoms with E-state index in [1.165, 1.54) is 87.3 Å². The second-order valence-electron chi connectivity index (χ2n) is 14.0. The van der Waals surface area contributed by atoms with Gasteiger partial charge in [0.05, 0.1) is 0 Å². The molecule has 0 radical (unpaired) electrons. The average Bonchev–Trinajstić information content (AvgIpc) is 3.77. The molecule has 6 aromatic rings. The van der Waals surface area contributed by atoms with Crippen LogP contribution in [0.4, 0.5) is 34.1 Å². The molecule has 0 saturated heterocycles. The normalized spacial score (nSPS) is 22.4. The van der Waals surface area contributed by atoms with Crippen LogP contribution in [0.5, 0.6) is 0 Å². The van der Waals surface area contributed by atoms with E-state index in [0.29, 0.717) is 0 Å². The molecule has 2 heterocycles. The van der Waals surface area contributed by atoms with Gasteiger partial charge < -0.3 is 9.80 Å². The number of fused-ring (bicyclic) bond motifs is 7. The maximum atomic E-state index is 2.61. The van der Waals surface area contributed by atoms with Crippen molar-refractivity contribution in [1.29, 1.82) is 0 Å². The monoisotopic (exact) mass is 588 g/mol. The van der Waals surface area contributed by atoms with Crippen molar-refractivity contribution >= 4 is 57.2 Å². The van der Waals surface area contributed by atoms with Crippen molar-refractivity contribution in [3.8, 4) is 11.1 Å². The Morgan fingerprint density at radius 2 is 1.00 bits per heavy atom. The Morgan fingerprint density at radius 1 is 0.457 bits per heavy atom. The Hall–Kier alpha value is -5.02. The summed E-state index contributed by atoms with van der Waals surface area (Å²) in [4.78, 5) is 5.05. The molecule has 1 spiro atoms. The highest BCUT2D eigenvalue weighted by Gasteiger charge is 2.60. The van der Waals surface area contributed by atoms with Gasteiger partial charge in [0.2, 0.25) is 0 Å². The number of hydrogen-bond donors (Lipinski definition) is 0. The minimum Gasteiger partial charge on any atom is -0.311 e. The number of anilines is 6. The van der Waals surface area contributed by atoms with Crippen LogP contribution in [0, 0.1) is 11.8 Å². The van der Waals surface area contributed by atoms with E-state index >= 15 is 0 Å². The van der Waals surface area contributed by atoms with Gasteiger partial charge in [0.1, 0.15) is 0 Å². The third kappa shape index (κ3) is 3.00. The van der Waals surface area contributed by atoms with Crippen molar-refractivity contribution in [2.24, 2.45) is 11.8 Å². The number of para-hydroxylation sites is 3. The number of rotatable bonds is 2. The Bertz CT molecular complexity index is 2200. The van der Waals surface area contributed by atoms with Gasteiger partial charge in [-0.3, -0.25) is 0 Å². The van der Waals surface area contributed by atoms with Crippen molar-refractivity contribution in [2.45, 2.75) is 31.1 Å². The van der Waals surface area contributed by atoms with Crippen LogP contribution in [0.2, 0.25) is 0 Å². The van der Waals surface area contributed by atoms with Crippen LogP contribution in [0.3, 0.4) is 0 Å². The molecule has 46 heavy (non-hydrogen) atoms. The maximum Gasteiger partial charge on any atom is 0.252 e. The van der Waals surface area contributed by atoms with Crippen LogP contribution in [0.1, 0.15) is 36.8 Å². The minimum atomic E-state index is 0.166. The lowest BCUT2D eigenvalue weighted by molar-refractivity contribution is 0.400. The zero-order chi connectivity index (χ0) is 30.0. The van der Waals surface area contributed by atoms with E-state index < -0.39 is 0 Å². The van der Waals surface area contributed by atoms with Gasteiger partial charge in [-0.15, -0.1) is 0 Å². The van der Waals surface area contributed by atoms with Crippen molar-refractivity contribution in [2.75, 3.05) is 9.80 Å². The minimum absolute atomic E-state index is 0.166. The van der Waals surface area contributed by atoms with Gasteiger partial charge >= 0.3 is 0 Å². The summed E-state index contributed by atoms with van der Waals surface area (Å²) in [5.74, 6) is 1.49. The topological polar surface area (TPSA) is 6.48 Å². The van der Waals surface area contributed by atoms with Gasteiger partial charge in [0.15, 0.2) is 0 Å². The first-order valence-electron chi connectivity index (χ1n) is 17.0. The summed E-state index contributed by atoms with van der Waals surface area (Å²) in [6, 6.07) is 52.8. The summed E-state index contributed by atoms with van der Waals surface area (Å²) < 4.78 is 0. The standard InChI is InChI=1S/C43H33BN2/c1-2-11-30(12-3-1)45-38-17-8-6-15-36(38)44-37-16-7-9-18-39(37)46(41-20-10-19-40(45)42(41)44)31-25-26-33-32-13-4-5-14-34(32)43(35(33)27-31)28-21-22-29(43)24-23-28/h1-20,25-29H,21-24H2. The molecule has 218 valence electrons. The van der Waals surface area contributed by atoms with Gasteiger partial charge in [0.25, 0.3) is 6.71 Å². The SMILES string of the molecule is c1ccc(N2c3ccccc3B3c4ccccc4N(c4ccc5c(c4)C4(c6ccccc6-5)C5CCC4CC5)c4cccc2c43)cc1. The molecule has 2 saturated carbocycles. The number of hydrogen-bond acceptors (Lipinski definition) is 2. The molecule has 0 N–H and O–H groups in total. The van der Waals surface area contributed by atoms with Gasteiger partial charge in [-0.2, -0.15) is 0 Å². The molecule has 0 aromatic heterocycles. The fraction of sp³-hybridized carbons (Fsp3) is 0.163. The van der Waals surface area contributed by atoms with Crippen molar-refractivity contribution < 1.29 is 0 Å². The molecular formula is C43H33BN2. The Balaban J connectivity index is 1.17. The summed E-state index contributed by atoms with van der Waals surface area (Å²) in [5, 5.41) is 0. The zero-order valence-electron chi connectivity index (χ0n) is 25.7. The van der Waals surface area contributed by atoms with Crippen LogP contribution >= 0.6 is 0 Å². The van der Waals surface area contributed by atoms with E-state index in [1.54, 1.807) is 11.1 Å². The first-order valence-corrected chi connectivity index (χ1v) is 17.0. The molecule has 0 atom stereocenters. The zero-order valence-corrected chi connectivity index (χ0v) is 25.7. The van der Waals surface area contributed by atoms with Gasteiger partial charge in [-0.25, -0.2) is 0 Å². The second kappa shape index (κ2) is 9.04. The molecule has 2 bridgehead atoms. The van der Waals surface area contributed by atoms with E-state index in [1.807, 2.05) is 0 Å². The lowest BCUT2D eigenvalue weighted by Gasteiger charge is -2.44. The highest BCUT2D eigenvalue weighted by molar-refractivity contribution is 7.00. The highest BCUT2D eigenvalue weighted by Crippen LogP contribution is 2.68. The van der Waals surface area contributed by atoms with Gasteiger partial charge in [-0.1, -0.05) is 91.0 Å². The highest BCUT2D eigenvalue weighted by atomic mass is 15.2. The summed E-state index contributed by atoms with van der Waals surface area (Å²) in [7, 11) is 0. The molecule has 3 aliphatic carbocycles.